The maximum Gasteiger partial charge on any atom is 0.233 e. The maximum absolute atomic E-state index is 11.2. The molecular formula is C8H14BrNO. The number of hydrogen-bond donors (Lipinski definition) is 0. The van der Waals surface area contributed by atoms with E-state index >= 15 is 0 Å². The predicted molar refractivity (Wildman–Crippen MR) is 48.8 cm³/mol. The minimum atomic E-state index is 0.218. The van der Waals surface area contributed by atoms with Gasteiger partial charge in [0.25, 0.3) is 0 Å². The molecule has 1 heterocycles. The van der Waals surface area contributed by atoms with Gasteiger partial charge < -0.3 is 4.90 Å². The highest BCUT2D eigenvalue weighted by Gasteiger charge is 2.31. The summed E-state index contributed by atoms with van der Waals surface area (Å²) in [5.74, 6) is 0.218. The zero-order valence-electron chi connectivity index (χ0n) is 7.06. The monoisotopic (exact) mass is 219 g/mol. The third-order valence-corrected chi connectivity index (χ3v) is 2.62. The van der Waals surface area contributed by atoms with Crippen molar-refractivity contribution in [1.82, 2.24) is 4.90 Å². The molecule has 1 amide bonds. The summed E-state index contributed by atoms with van der Waals surface area (Å²) in [4.78, 5) is 13.1. The minimum Gasteiger partial charge on any atom is -0.341 e. The fourth-order valence-corrected chi connectivity index (χ4v) is 1.76. The molecule has 2 nitrogen and oxygen atoms in total. The van der Waals surface area contributed by atoms with Crippen LogP contribution in [0.25, 0.3) is 0 Å². The summed E-state index contributed by atoms with van der Waals surface area (Å²) in [5, 5.41) is 0.461. The molecular weight excluding hydrogens is 206 g/mol. The lowest BCUT2D eigenvalue weighted by Gasteiger charge is -2.18. The van der Waals surface area contributed by atoms with Crippen molar-refractivity contribution in [2.45, 2.75) is 20.3 Å². The maximum atomic E-state index is 11.2. The highest BCUT2D eigenvalue weighted by atomic mass is 79.9. The van der Waals surface area contributed by atoms with E-state index in [1.165, 1.54) is 0 Å². The molecule has 1 aliphatic heterocycles. The van der Waals surface area contributed by atoms with E-state index in [-0.39, 0.29) is 5.91 Å². The van der Waals surface area contributed by atoms with Gasteiger partial charge in [-0.15, -0.1) is 0 Å². The highest BCUT2D eigenvalue weighted by molar-refractivity contribution is 9.09. The third-order valence-electron chi connectivity index (χ3n) is 2.14. The van der Waals surface area contributed by atoms with Gasteiger partial charge in [-0.05, 0) is 11.8 Å². The predicted octanol–water partition coefficient (Wildman–Crippen LogP) is 1.64. The van der Waals surface area contributed by atoms with Crippen LogP contribution >= 0.6 is 15.9 Å². The summed E-state index contributed by atoms with van der Waals surface area (Å²) in [6.07, 6.45) is 1.13. The molecule has 1 rings (SSSR count). The van der Waals surface area contributed by atoms with Crippen molar-refractivity contribution in [3.05, 3.63) is 0 Å². The van der Waals surface area contributed by atoms with Gasteiger partial charge in [-0.3, -0.25) is 4.79 Å². The van der Waals surface area contributed by atoms with Gasteiger partial charge in [0.1, 0.15) is 0 Å². The van der Waals surface area contributed by atoms with Crippen LogP contribution < -0.4 is 0 Å². The standard InChI is InChI=1S/C8H14BrNO/c1-8(2)3-4-10(6-8)7(11)5-9/h3-6H2,1-2H3. The van der Waals surface area contributed by atoms with Crippen molar-refractivity contribution in [1.29, 1.82) is 0 Å². The Labute approximate surface area is 76.1 Å². The second kappa shape index (κ2) is 3.13. The molecule has 11 heavy (non-hydrogen) atoms. The molecule has 1 aliphatic rings. The molecule has 0 radical (unpaired) electrons. The van der Waals surface area contributed by atoms with Gasteiger partial charge in [0.2, 0.25) is 5.91 Å². The molecule has 0 bridgehead atoms. The quantitative estimate of drug-likeness (QED) is 0.615. The average Bonchev–Trinajstić information content (AvgIpc) is 2.29. The molecule has 0 spiro atoms. The van der Waals surface area contributed by atoms with Crippen LogP contribution in [0.1, 0.15) is 20.3 Å². The smallest absolute Gasteiger partial charge is 0.233 e. The summed E-state index contributed by atoms with van der Waals surface area (Å²) in [7, 11) is 0. The van der Waals surface area contributed by atoms with Gasteiger partial charge in [0.15, 0.2) is 0 Å². The van der Waals surface area contributed by atoms with Crippen LogP contribution in [-0.4, -0.2) is 29.2 Å². The molecule has 0 atom stereocenters. The van der Waals surface area contributed by atoms with Gasteiger partial charge in [0, 0.05) is 13.1 Å². The van der Waals surface area contributed by atoms with Crippen LogP contribution in [-0.2, 0) is 4.79 Å². The Hall–Kier alpha value is -0.0500. The molecule has 0 aromatic heterocycles. The highest BCUT2D eigenvalue weighted by Crippen LogP contribution is 2.28. The summed E-state index contributed by atoms with van der Waals surface area (Å²) in [6.45, 7) is 6.25. The third kappa shape index (κ3) is 2.19. The van der Waals surface area contributed by atoms with Crippen molar-refractivity contribution < 1.29 is 4.79 Å². The Morgan fingerprint density at radius 1 is 1.64 bits per heavy atom. The Balaban J connectivity index is 2.48. The zero-order valence-corrected chi connectivity index (χ0v) is 8.65. The number of alkyl halides is 1. The van der Waals surface area contributed by atoms with Crippen LogP contribution in [0.2, 0.25) is 0 Å². The van der Waals surface area contributed by atoms with Gasteiger partial charge in [-0.25, -0.2) is 0 Å². The lowest BCUT2D eigenvalue weighted by Crippen LogP contribution is -2.30. The second-order valence-electron chi connectivity index (χ2n) is 3.86. The molecule has 1 fully saturated rings. The lowest BCUT2D eigenvalue weighted by molar-refractivity contribution is -0.127. The number of likely N-dealkylation sites (tertiary alicyclic amines) is 1. The van der Waals surface area contributed by atoms with E-state index in [4.69, 9.17) is 0 Å². The molecule has 0 aromatic rings. The zero-order chi connectivity index (χ0) is 8.48. The summed E-state index contributed by atoms with van der Waals surface area (Å²) < 4.78 is 0. The topological polar surface area (TPSA) is 20.3 Å². The summed E-state index contributed by atoms with van der Waals surface area (Å²) >= 11 is 3.17. The molecule has 0 aromatic carbocycles. The first-order valence-corrected chi connectivity index (χ1v) is 5.01. The van der Waals surface area contributed by atoms with E-state index < -0.39 is 0 Å². The van der Waals surface area contributed by atoms with Crippen molar-refractivity contribution in [3.8, 4) is 0 Å². The van der Waals surface area contributed by atoms with Gasteiger partial charge in [-0.1, -0.05) is 29.8 Å². The van der Waals surface area contributed by atoms with Crippen molar-refractivity contribution in [3.63, 3.8) is 0 Å². The molecule has 0 saturated carbocycles. The van der Waals surface area contributed by atoms with E-state index in [1.807, 2.05) is 4.90 Å². The molecule has 64 valence electrons. The summed E-state index contributed by atoms with van der Waals surface area (Å²) in [5.41, 5.74) is 0.331. The van der Waals surface area contributed by atoms with Gasteiger partial charge in [-0.2, -0.15) is 0 Å². The Morgan fingerprint density at radius 2 is 2.27 bits per heavy atom. The van der Waals surface area contributed by atoms with Crippen LogP contribution in [0.3, 0.4) is 0 Å². The molecule has 0 N–H and O–H groups in total. The van der Waals surface area contributed by atoms with Crippen LogP contribution in [0.4, 0.5) is 0 Å². The Kier molecular flexibility index (Phi) is 2.58. The first-order valence-electron chi connectivity index (χ1n) is 3.89. The number of amides is 1. The number of carbonyl (C=O) groups excluding carboxylic acids is 1. The van der Waals surface area contributed by atoms with E-state index in [9.17, 15) is 4.79 Å². The number of nitrogens with zero attached hydrogens (tertiary/aromatic N) is 1. The average molecular weight is 220 g/mol. The lowest BCUT2D eigenvalue weighted by atomic mass is 9.93. The van der Waals surface area contributed by atoms with Crippen molar-refractivity contribution in [2.75, 3.05) is 18.4 Å². The first-order chi connectivity index (χ1) is 5.05. The normalized spacial score (nSPS) is 22.3. The number of halogens is 1. The second-order valence-corrected chi connectivity index (χ2v) is 4.42. The first kappa shape index (κ1) is 9.04. The fraction of sp³-hybridized carbons (Fsp3) is 0.875. The van der Waals surface area contributed by atoms with Crippen molar-refractivity contribution >= 4 is 21.8 Å². The number of carbonyl (C=O) groups is 1. The molecule has 3 heteroatoms. The minimum absolute atomic E-state index is 0.218. The molecule has 0 unspecified atom stereocenters. The number of hydrogen-bond acceptors (Lipinski definition) is 1. The van der Waals surface area contributed by atoms with E-state index in [1.54, 1.807) is 0 Å². The van der Waals surface area contributed by atoms with Gasteiger partial charge >= 0.3 is 0 Å². The van der Waals surface area contributed by atoms with Crippen LogP contribution in [0.5, 0.6) is 0 Å². The van der Waals surface area contributed by atoms with Crippen LogP contribution in [0.15, 0.2) is 0 Å². The SMILES string of the molecule is CC1(C)CCN(C(=O)CBr)C1. The fourth-order valence-electron chi connectivity index (χ4n) is 1.41. The van der Waals surface area contributed by atoms with E-state index in [2.05, 4.69) is 29.8 Å². The Morgan fingerprint density at radius 3 is 2.64 bits per heavy atom. The molecule has 1 saturated heterocycles. The largest absolute Gasteiger partial charge is 0.341 e. The summed E-state index contributed by atoms with van der Waals surface area (Å²) in [6, 6.07) is 0. The Bertz CT molecular complexity index is 167. The van der Waals surface area contributed by atoms with Crippen molar-refractivity contribution in [2.24, 2.45) is 5.41 Å². The molecule has 0 aliphatic carbocycles. The van der Waals surface area contributed by atoms with E-state index in [0.29, 0.717) is 10.7 Å². The van der Waals surface area contributed by atoms with Crippen LogP contribution in [0, 0.1) is 5.41 Å². The van der Waals surface area contributed by atoms with Gasteiger partial charge in [0.05, 0.1) is 5.33 Å². The number of rotatable bonds is 1. The van der Waals surface area contributed by atoms with E-state index in [0.717, 1.165) is 19.5 Å².